The third-order valence-corrected chi connectivity index (χ3v) is 7.04. The average molecular weight is 367 g/mol. The molecule has 0 fully saturated rings. The molecule has 0 heterocycles. The van der Waals surface area contributed by atoms with E-state index in [0.29, 0.717) is 16.2 Å². The first-order valence-corrected chi connectivity index (χ1v) is 12.1. The predicted molar refractivity (Wildman–Crippen MR) is 122 cm³/mol. The van der Waals surface area contributed by atoms with Gasteiger partial charge in [0.05, 0.1) is 0 Å². The van der Waals surface area contributed by atoms with Crippen molar-refractivity contribution in [2.45, 2.75) is 152 Å². The summed E-state index contributed by atoms with van der Waals surface area (Å²) in [5, 5.41) is 0. The number of unbranched alkanes of at least 4 members (excludes halogenated alkanes) is 11. The number of hydrogen-bond donors (Lipinski definition) is 0. The molecule has 0 N–H and O–H groups in total. The molecule has 0 aliphatic rings. The Hall–Kier alpha value is 0. The zero-order valence-corrected chi connectivity index (χ0v) is 20.1. The molecular formula is C26H54. The van der Waals surface area contributed by atoms with Crippen LogP contribution in [0.4, 0.5) is 0 Å². The molecule has 0 aromatic heterocycles. The van der Waals surface area contributed by atoms with Gasteiger partial charge in [-0.05, 0) is 29.1 Å². The first-order valence-electron chi connectivity index (χ1n) is 12.1. The SMILES string of the molecule is CCCCCCCCCCCCCC(CCCC)(C(C)(C)C)C(C)(C)C. The van der Waals surface area contributed by atoms with Gasteiger partial charge in [-0.3, -0.25) is 0 Å². The van der Waals surface area contributed by atoms with Crippen molar-refractivity contribution in [1.82, 2.24) is 0 Å². The van der Waals surface area contributed by atoms with Gasteiger partial charge < -0.3 is 0 Å². The zero-order chi connectivity index (χ0) is 20.1. The fraction of sp³-hybridized carbons (Fsp3) is 1.00. The highest BCUT2D eigenvalue weighted by atomic mass is 14.5. The van der Waals surface area contributed by atoms with Crippen molar-refractivity contribution in [1.29, 1.82) is 0 Å². The van der Waals surface area contributed by atoms with Gasteiger partial charge in [0.1, 0.15) is 0 Å². The number of hydrogen-bond acceptors (Lipinski definition) is 0. The Balaban J connectivity index is 4.23. The first-order chi connectivity index (χ1) is 12.1. The summed E-state index contributed by atoms with van der Waals surface area (Å²) in [4.78, 5) is 0. The average Bonchev–Trinajstić information content (AvgIpc) is 2.53. The molecule has 0 unspecified atom stereocenters. The molecule has 0 saturated carbocycles. The van der Waals surface area contributed by atoms with Crippen LogP contribution in [0, 0.1) is 16.2 Å². The topological polar surface area (TPSA) is 0 Å². The van der Waals surface area contributed by atoms with Gasteiger partial charge in [0.15, 0.2) is 0 Å². The summed E-state index contributed by atoms with van der Waals surface area (Å²) < 4.78 is 0. The fourth-order valence-corrected chi connectivity index (χ4v) is 5.32. The lowest BCUT2D eigenvalue weighted by Crippen LogP contribution is -2.46. The van der Waals surface area contributed by atoms with Gasteiger partial charge >= 0.3 is 0 Å². The van der Waals surface area contributed by atoms with Crippen LogP contribution in [0.1, 0.15) is 152 Å². The van der Waals surface area contributed by atoms with Gasteiger partial charge in [0.2, 0.25) is 0 Å². The standard InChI is InChI=1S/C26H54/c1-9-11-13-14-15-16-17-18-19-20-21-23-26(22-12-10-2,24(3,4)5)25(6,7)8/h9-23H2,1-8H3. The van der Waals surface area contributed by atoms with E-state index in [4.69, 9.17) is 0 Å². The summed E-state index contributed by atoms with van der Waals surface area (Å²) in [5.74, 6) is 0. The molecule has 0 aliphatic heterocycles. The van der Waals surface area contributed by atoms with E-state index in [1.807, 2.05) is 0 Å². The molecule has 0 aliphatic carbocycles. The minimum absolute atomic E-state index is 0.388. The highest BCUT2D eigenvalue weighted by Crippen LogP contribution is 2.57. The zero-order valence-electron chi connectivity index (χ0n) is 20.1. The van der Waals surface area contributed by atoms with Crippen molar-refractivity contribution < 1.29 is 0 Å². The Bertz CT molecular complexity index is 298. The minimum Gasteiger partial charge on any atom is -0.0654 e. The fourth-order valence-electron chi connectivity index (χ4n) is 5.32. The molecule has 0 bridgehead atoms. The van der Waals surface area contributed by atoms with E-state index in [2.05, 4.69) is 55.4 Å². The maximum Gasteiger partial charge on any atom is -0.0200 e. The molecule has 0 atom stereocenters. The molecule has 0 aromatic carbocycles. The van der Waals surface area contributed by atoms with E-state index in [0.717, 1.165) is 0 Å². The molecule has 26 heavy (non-hydrogen) atoms. The van der Waals surface area contributed by atoms with Crippen LogP contribution < -0.4 is 0 Å². The molecule has 0 amide bonds. The van der Waals surface area contributed by atoms with Crippen molar-refractivity contribution >= 4 is 0 Å². The molecule has 0 heteroatoms. The monoisotopic (exact) mass is 366 g/mol. The molecule has 158 valence electrons. The Morgan fingerprint density at radius 1 is 0.385 bits per heavy atom. The molecule has 0 saturated heterocycles. The van der Waals surface area contributed by atoms with Crippen LogP contribution in [-0.4, -0.2) is 0 Å². The second kappa shape index (κ2) is 13.2. The summed E-state index contributed by atoms with van der Waals surface area (Å²) in [6.45, 7) is 19.6. The Morgan fingerprint density at radius 2 is 0.692 bits per heavy atom. The van der Waals surface area contributed by atoms with Crippen molar-refractivity contribution in [3.8, 4) is 0 Å². The Kier molecular flexibility index (Phi) is 13.2. The highest BCUT2D eigenvalue weighted by Gasteiger charge is 2.48. The van der Waals surface area contributed by atoms with Gasteiger partial charge in [0, 0.05) is 0 Å². The second-order valence-electron chi connectivity index (χ2n) is 11.0. The van der Waals surface area contributed by atoms with Crippen LogP contribution in [0.5, 0.6) is 0 Å². The molecule has 0 spiro atoms. The third kappa shape index (κ3) is 9.27. The van der Waals surface area contributed by atoms with Crippen molar-refractivity contribution in [2.24, 2.45) is 16.2 Å². The maximum absolute atomic E-state index is 2.49. The van der Waals surface area contributed by atoms with Crippen LogP contribution in [0.3, 0.4) is 0 Å². The van der Waals surface area contributed by atoms with E-state index >= 15 is 0 Å². The summed E-state index contributed by atoms with van der Waals surface area (Å²) in [6.07, 6.45) is 21.4. The molecular weight excluding hydrogens is 312 g/mol. The van der Waals surface area contributed by atoms with Crippen LogP contribution in [-0.2, 0) is 0 Å². The van der Waals surface area contributed by atoms with Gasteiger partial charge in [-0.1, -0.05) is 139 Å². The van der Waals surface area contributed by atoms with E-state index in [9.17, 15) is 0 Å². The smallest absolute Gasteiger partial charge is 0.0200 e. The minimum atomic E-state index is 0.388. The lowest BCUT2D eigenvalue weighted by Gasteiger charge is -2.55. The molecule has 0 rings (SSSR count). The van der Waals surface area contributed by atoms with Gasteiger partial charge in [0.25, 0.3) is 0 Å². The van der Waals surface area contributed by atoms with Crippen molar-refractivity contribution in [3.63, 3.8) is 0 Å². The van der Waals surface area contributed by atoms with E-state index in [1.165, 1.54) is 96.3 Å². The summed E-state index contributed by atoms with van der Waals surface area (Å²) in [5.41, 5.74) is 1.24. The van der Waals surface area contributed by atoms with Crippen LogP contribution in [0.15, 0.2) is 0 Å². The van der Waals surface area contributed by atoms with E-state index in [-0.39, 0.29) is 0 Å². The summed E-state index contributed by atoms with van der Waals surface area (Å²) >= 11 is 0. The normalized spacial score (nSPS) is 13.4. The van der Waals surface area contributed by atoms with Crippen molar-refractivity contribution in [2.75, 3.05) is 0 Å². The largest absolute Gasteiger partial charge is 0.0654 e. The molecule has 0 nitrogen and oxygen atoms in total. The molecule has 0 radical (unpaired) electrons. The Labute approximate surface area is 168 Å². The maximum atomic E-state index is 2.49. The number of rotatable bonds is 15. The van der Waals surface area contributed by atoms with Gasteiger partial charge in [-0.15, -0.1) is 0 Å². The lowest BCUT2D eigenvalue weighted by atomic mass is 9.50. The Morgan fingerprint density at radius 3 is 1.04 bits per heavy atom. The van der Waals surface area contributed by atoms with E-state index in [1.54, 1.807) is 0 Å². The van der Waals surface area contributed by atoms with Gasteiger partial charge in [-0.2, -0.15) is 0 Å². The van der Waals surface area contributed by atoms with Crippen molar-refractivity contribution in [3.05, 3.63) is 0 Å². The lowest BCUT2D eigenvalue weighted by molar-refractivity contribution is -0.0518. The molecule has 0 aromatic rings. The first kappa shape index (κ1) is 26.0. The summed E-state index contributed by atoms with van der Waals surface area (Å²) in [7, 11) is 0. The second-order valence-corrected chi connectivity index (χ2v) is 11.0. The summed E-state index contributed by atoms with van der Waals surface area (Å²) in [6, 6.07) is 0. The third-order valence-electron chi connectivity index (χ3n) is 7.04. The quantitative estimate of drug-likeness (QED) is 0.253. The van der Waals surface area contributed by atoms with Crippen LogP contribution >= 0.6 is 0 Å². The van der Waals surface area contributed by atoms with Gasteiger partial charge in [-0.25, -0.2) is 0 Å². The highest BCUT2D eigenvalue weighted by molar-refractivity contribution is 4.98. The predicted octanol–water partition coefficient (Wildman–Crippen LogP) is 9.96. The van der Waals surface area contributed by atoms with E-state index < -0.39 is 0 Å². The van der Waals surface area contributed by atoms with Crippen LogP contribution in [0.2, 0.25) is 0 Å². The van der Waals surface area contributed by atoms with Crippen LogP contribution in [0.25, 0.3) is 0 Å².